The van der Waals surface area contributed by atoms with Crippen molar-refractivity contribution in [2.45, 2.75) is 19.0 Å². The topological polar surface area (TPSA) is 61.1 Å². The number of hydrogen-bond donors (Lipinski definition) is 0. The van der Waals surface area contributed by atoms with Gasteiger partial charge in [-0.2, -0.15) is 0 Å². The van der Waals surface area contributed by atoms with Gasteiger partial charge in [0.15, 0.2) is 11.5 Å². The Morgan fingerprint density at radius 1 is 1.03 bits per heavy atom. The molecule has 170 valence electrons. The van der Waals surface area contributed by atoms with Crippen molar-refractivity contribution in [1.29, 1.82) is 0 Å². The van der Waals surface area contributed by atoms with Gasteiger partial charge in [-0.25, -0.2) is 4.79 Å². The predicted octanol–water partition coefficient (Wildman–Crippen LogP) is 5.03. The average Bonchev–Trinajstić information content (AvgIpc) is 3.36. The average molecular weight is 464 g/mol. The summed E-state index contributed by atoms with van der Waals surface area (Å²) in [6.45, 7) is 1.47. The van der Waals surface area contributed by atoms with E-state index in [9.17, 15) is 4.79 Å². The Morgan fingerprint density at radius 3 is 2.58 bits per heavy atom. The molecule has 1 unspecified atom stereocenters. The Kier molecular flexibility index (Phi) is 5.83. The second-order valence-electron chi connectivity index (χ2n) is 8.00. The number of thiophene rings is 1. The Morgan fingerprint density at radius 2 is 1.85 bits per heavy atom. The summed E-state index contributed by atoms with van der Waals surface area (Å²) in [7, 11) is 4.93. The maximum atomic E-state index is 12.4. The molecule has 7 heteroatoms. The fourth-order valence-corrected chi connectivity index (χ4v) is 5.51. The molecular formula is C26H25NO5S. The van der Waals surface area contributed by atoms with Crippen molar-refractivity contribution in [2.75, 3.05) is 27.9 Å². The molecule has 0 saturated heterocycles. The van der Waals surface area contributed by atoms with E-state index < -0.39 is 0 Å². The van der Waals surface area contributed by atoms with Crippen LogP contribution in [-0.4, -0.2) is 32.8 Å². The van der Waals surface area contributed by atoms with E-state index in [-0.39, 0.29) is 11.7 Å². The molecular weight excluding hydrogens is 438 g/mol. The third-order valence-corrected chi connectivity index (χ3v) is 7.12. The summed E-state index contributed by atoms with van der Waals surface area (Å²) in [5.41, 5.74) is 3.57. The molecule has 5 rings (SSSR count). The van der Waals surface area contributed by atoms with Gasteiger partial charge in [-0.3, -0.25) is 4.90 Å². The van der Waals surface area contributed by atoms with Crippen LogP contribution >= 0.6 is 11.3 Å². The monoisotopic (exact) mass is 463 g/mol. The van der Waals surface area contributed by atoms with Crippen molar-refractivity contribution in [1.82, 2.24) is 4.90 Å². The third-order valence-electron chi connectivity index (χ3n) is 6.20. The fraction of sp³-hybridized carbons (Fsp3) is 0.269. The Hall–Kier alpha value is -3.29. The van der Waals surface area contributed by atoms with E-state index in [0.717, 1.165) is 35.4 Å². The van der Waals surface area contributed by atoms with Crippen molar-refractivity contribution >= 4 is 22.3 Å². The number of methoxy groups -OCH3 is 3. The number of ether oxygens (including phenoxy) is 3. The van der Waals surface area contributed by atoms with Crippen LogP contribution in [0.3, 0.4) is 0 Å². The molecule has 6 nitrogen and oxygen atoms in total. The van der Waals surface area contributed by atoms with Gasteiger partial charge >= 0.3 is 5.63 Å². The summed E-state index contributed by atoms with van der Waals surface area (Å²) < 4.78 is 21.9. The molecule has 0 saturated carbocycles. The minimum Gasteiger partial charge on any atom is -0.497 e. The van der Waals surface area contributed by atoms with Crippen LogP contribution in [0, 0.1) is 0 Å². The Labute approximate surface area is 195 Å². The van der Waals surface area contributed by atoms with Gasteiger partial charge in [0.05, 0.1) is 27.4 Å². The van der Waals surface area contributed by atoms with E-state index in [4.69, 9.17) is 18.6 Å². The smallest absolute Gasteiger partial charge is 0.336 e. The number of rotatable bonds is 6. The van der Waals surface area contributed by atoms with Crippen molar-refractivity contribution < 1.29 is 18.6 Å². The van der Waals surface area contributed by atoms with E-state index in [0.29, 0.717) is 17.9 Å². The molecule has 0 amide bonds. The molecule has 0 spiro atoms. The summed E-state index contributed by atoms with van der Waals surface area (Å²) in [6, 6.07) is 15.7. The second kappa shape index (κ2) is 8.92. The second-order valence-corrected chi connectivity index (χ2v) is 8.98. The van der Waals surface area contributed by atoms with Crippen molar-refractivity contribution in [3.63, 3.8) is 0 Å². The fourth-order valence-electron chi connectivity index (χ4n) is 4.63. The Balaban J connectivity index is 1.60. The van der Waals surface area contributed by atoms with Crippen LogP contribution in [0.25, 0.3) is 11.0 Å². The molecule has 2 aromatic heterocycles. The minimum absolute atomic E-state index is 0.0501. The standard InChI is InChI=1S/C26H25NO5S/c1-29-18-6-7-19-17(12-25(28)32-21(19)13-18)15-27-9-8-16-11-22(30-2)23(31-3)14-20(16)26(27)24-5-4-10-33-24/h4-7,10-14,26H,8-9,15H2,1-3H3. The maximum absolute atomic E-state index is 12.4. The molecule has 0 N–H and O–H groups in total. The molecule has 1 aliphatic heterocycles. The van der Waals surface area contributed by atoms with Crippen LogP contribution in [0.1, 0.15) is 27.6 Å². The van der Waals surface area contributed by atoms with Gasteiger partial charge in [-0.05, 0) is 58.8 Å². The lowest BCUT2D eigenvalue weighted by Gasteiger charge is -2.37. The molecule has 33 heavy (non-hydrogen) atoms. The zero-order valence-electron chi connectivity index (χ0n) is 18.8. The molecule has 1 aliphatic rings. The molecule has 0 bridgehead atoms. The summed E-state index contributed by atoms with van der Waals surface area (Å²) in [4.78, 5) is 16.0. The highest BCUT2D eigenvalue weighted by Gasteiger charge is 2.31. The van der Waals surface area contributed by atoms with Crippen LogP contribution in [0.5, 0.6) is 17.2 Å². The molecule has 2 aromatic carbocycles. The van der Waals surface area contributed by atoms with Gasteiger partial charge in [-0.15, -0.1) is 11.3 Å². The predicted molar refractivity (Wildman–Crippen MR) is 129 cm³/mol. The number of benzene rings is 2. The summed E-state index contributed by atoms with van der Waals surface area (Å²) in [6.07, 6.45) is 0.880. The van der Waals surface area contributed by atoms with Gasteiger partial charge in [0.25, 0.3) is 0 Å². The third kappa shape index (κ3) is 3.98. The number of nitrogens with zero attached hydrogens (tertiary/aromatic N) is 1. The van der Waals surface area contributed by atoms with E-state index in [1.807, 2.05) is 12.1 Å². The molecule has 4 aromatic rings. The molecule has 0 aliphatic carbocycles. The zero-order chi connectivity index (χ0) is 22.9. The van der Waals surface area contributed by atoms with Crippen molar-refractivity contribution in [3.8, 4) is 17.2 Å². The lowest BCUT2D eigenvalue weighted by atomic mass is 9.90. The van der Waals surface area contributed by atoms with E-state index in [1.165, 1.54) is 16.0 Å². The van der Waals surface area contributed by atoms with Gasteiger partial charge in [-0.1, -0.05) is 6.07 Å². The van der Waals surface area contributed by atoms with E-state index in [2.05, 4.69) is 34.5 Å². The molecule has 3 heterocycles. The van der Waals surface area contributed by atoms with Crippen molar-refractivity contribution in [2.24, 2.45) is 0 Å². The summed E-state index contributed by atoms with van der Waals surface area (Å²) in [5, 5.41) is 3.01. The lowest BCUT2D eigenvalue weighted by molar-refractivity contribution is 0.206. The Bertz CT molecular complexity index is 1350. The first-order chi connectivity index (χ1) is 16.1. The highest BCUT2D eigenvalue weighted by atomic mass is 32.1. The summed E-state index contributed by atoms with van der Waals surface area (Å²) >= 11 is 1.73. The highest BCUT2D eigenvalue weighted by Crippen LogP contribution is 2.43. The zero-order valence-corrected chi connectivity index (χ0v) is 19.6. The van der Waals surface area contributed by atoms with Gasteiger partial charge < -0.3 is 18.6 Å². The van der Waals surface area contributed by atoms with Crippen LogP contribution < -0.4 is 19.8 Å². The first kappa shape index (κ1) is 21.6. The SMILES string of the molecule is COc1ccc2c(CN3CCc4cc(OC)c(OC)cc4C3c3cccs3)cc(=O)oc2c1. The quantitative estimate of drug-likeness (QED) is 0.374. The van der Waals surface area contributed by atoms with Crippen LogP contribution in [-0.2, 0) is 13.0 Å². The number of fused-ring (bicyclic) bond motifs is 2. The molecule has 1 atom stereocenters. The lowest BCUT2D eigenvalue weighted by Crippen LogP contribution is -2.35. The first-order valence-corrected chi connectivity index (χ1v) is 11.6. The van der Waals surface area contributed by atoms with Gasteiger partial charge in [0.2, 0.25) is 0 Å². The van der Waals surface area contributed by atoms with E-state index in [1.54, 1.807) is 44.8 Å². The molecule has 0 fully saturated rings. The first-order valence-electron chi connectivity index (χ1n) is 10.7. The summed E-state index contributed by atoms with van der Waals surface area (Å²) in [5.74, 6) is 2.12. The minimum atomic E-state index is -0.359. The van der Waals surface area contributed by atoms with Crippen molar-refractivity contribution in [3.05, 3.63) is 85.9 Å². The van der Waals surface area contributed by atoms with Crippen LogP contribution in [0.2, 0.25) is 0 Å². The molecule has 0 radical (unpaired) electrons. The highest BCUT2D eigenvalue weighted by molar-refractivity contribution is 7.10. The number of hydrogen-bond acceptors (Lipinski definition) is 7. The largest absolute Gasteiger partial charge is 0.497 e. The van der Waals surface area contributed by atoms with Crippen LogP contribution in [0.4, 0.5) is 0 Å². The van der Waals surface area contributed by atoms with E-state index >= 15 is 0 Å². The van der Waals surface area contributed by atoms with Gasteiger partial charge in [0.1, 0.15) is 11.3 Å². The van der Waals surface area contributed by atoms with Crippen LogP contribution in [0.15, 0.2) is 63.1 Å². The normalized spacial score (nSPS) is 15.9. The van der Waals surface area contributed by atoms with Gasteiger partial charge in [0, 0.05) is 35.5 Å². The maximum Gasteiger partial charge on any atom is 0.336 e.